The van der Waals surface area contributed by atoms with Gasteiger partial charge in [0, 0.05) is 6.42 Å². The molecule has 0 aliphatic carbocycles. The van der Waals surface area contributed by atoms with Gasteiger partial charge in [0.1, 0.15) is 6.04 Å². The Kier molecular flexibility index (Phi) is 6.58. The van der Waals surface area contributed by atoms with Crippen molar-refractivity contribution in [3.63, 3.8) is 0 Å². The lowest BCUT2D eigenvalue weighted by atomic mass is 10.2. The Hall–Kier alpha value is -1.85. The summed E-state index contributed by atoms with van der Waals surface area (Å²) >= 11 is 0. The van der Waals surface area contributed by atoms with Crippen molar-refractivity contribution in [2.24, 2.45) is 0 Å². The van der Waals surface area contributed by atoms with Gasteiger partial charge in [-0.3, -0.25) is 9.59 Å². The van der Waals surface area contributed by atoms with Gasteiger partial charge in [0.05, 0.1) is 13.5 Å². The molecule has 0 unspecified atom stereocenters. The molecule has 0 aliphatic heterocycles. The fourth-order valence-corrected chi connectivity index (χ4v) is 0.950. The molecule has 2 N–H and O–H groups in total. The number of aliphatic carboxylic acids is 1. The summed E-state index contributed by atoms with van der Waals surface area (Å²) in [5.41, 5.74) is 0. The first-order chi connectivity index (χ1) is 7.51. The Labute approximate surface area is 93.3 Å². The van der Waals surface area contributed by atoms with Crippen LogP contribution in [-0.4, -0.2) is 36.1 Å². The lowest BCUT2D eigenvalue weighted by Gasteiger charge is -2.12. The minimum atomic E-state index is -1.27. The minimum absolute atomic E-state index is 0.147. The highest BCUT2D eigenvalue weighted by atomic mass is 16.5. The monoisotopic (exact) mass is 229 g/mol. The Morgan fingerprint density at radius 3 is 2.56 bits per heavy atom. The summed E-state index contributed by atoms with van der Waals surface area (Å²) in [6.07, 6.45) is 1.77. The number of carbonyl (C=O) groups is 3. The first-order valence-corrected chi connectivity index (χ1v) is 4.71. The predicted molar refractivity (Wildman–Crippen MR) is 55.6 cm³/mol. The number of hydrogen-bond acceptors (Lipinski definition) is 4. The molecule has 90 valence electrons. The van der Waals surface area contributed by atoms with Crippen LogP contribution in [0.5, 0.6) is 0 Å². The summed E-state index contributed by atoms with van der Waals surface area (Å²) in [5, 5.41) is 11.0. The minimum Gasteiger partial charge on any atom is -0.480 e. The molecule has 0 fully saturated rings. The molecule has 0 aromatic heterocycles. The second-order valence-electron chi connectivity index (χ2n) is 3.07. The van der Waals surface area contributed by atoms with E-state index in [1.807, 2.05) is 0 Å². The van der Waals surface area contributed by atoms with Crippen LogP contribution in [0.25, 0.3) is 0 Å². The van der Waals surface area contributed by atoms with Crippen LogP contribution >= 0.6 is 0 Å². The van der Waals surface area contributed by atoms with Gasteiger partial charge in [-0.15, -0.1) is 6.58 Å². The van der Waals surface area contributed by atoms with Crippen LogP contribution in [-0.2, 0) is 19.1 Å². The Morgan fingerprint density at radius 2 is 2.12 bits per heavy atom. The number of ether oxygens (including phenoxy) is 1. The van der Waals surface area contributed by atoms with Gasteiger partial charge in [-0.25, -0.2) is 4.79 Å². The molecule has 0 spiro atoms. The molecule has 0 bridgehead atoms. The van der Waals surface area contributed by atoms with Crippen molar-refractivity contribution in [2.45, 2.75) is 25.3 Å². The van der Waals surface area contributed by atoms with E-state index < -0.39 is 23.9 Å². The Balaban J connectivity index is 4.22. The topological polar surface area (TPSA) is 92.7 Å². The van der Waals surface area contributed by atoms with Crippen molar-refractivity contribution >= 4 is 17.8 Å². The molecular formula is C10H15NO5. The molecule has 1 amide bonds. The smallest absolute Gasteiger partial charge is 0.326 e. The quantitative estimate of drug-likeness (QED) is 0.476. The number of esters is 1. The summed E-state index contributed by atoms with van der Waals surface area (Å²) in [7, 11) is 1.15. The van der Waals surface area contributed by atoms with E-state index in [1.165, 1.54) is 0 Å². The van der Waals surface area contributed by atoms with Crippen molar-refractivity contribution in [3.05, 3.63) is 12.7 Å². The number of carboxylic acid groups (broad SMARTS) is 1. The summed E-state index contributed by atoms with van der Waals surface area (Å²) in [6, 6.07) is -1.25. The number of hydrogen-bond donors (Lipinski definition) is 2. The van der Waals surface area contributed by atoms with E-state index in [9.17, 15) is 14.4 Å². The van der Waals surface area contributed by atoms with Crippen LogP contribution in [0.3, 0.4) is 0 Å². The largest absolute Gasteiger partial charge is 0.480 e. The van der Waals surface area contributed by atoms with Gasteiger partial charge in [-0.2, -0.15) is 0 Å². The van der Waals surface area contributed by atoms with Crippen molar-refractivity contribution in [1.82, 2.24) is 5.32 Å². The zero-order valence-electron chi connectivity index (χ0n) is 9.06. The van der Waals surface area contributed by atoms with E-state index in [4.69, 9.17) is 5.11 Å². The number of nitrogens with one attached hydrogen (secondary N) is 1. The normalized spacial score (nSPS) is 11.3. The number of carboxylic acids is 1. The second kappa shape index (κ2) is 7.44. The third kappa shape index (κ3) is 5.79. The molecule has 6 nitrogen and oxygen atoms in total. The molecule has 16 heavy (non-hydrogen) atoms. The third-order valence-electron chi connectivity index (χ3n) is 1.81. The lowest BCUT2D eigenvalue weighted by molar-refractivity contribution is -0.148. The predicted octanol–water partition coefficient (Wildman–Crippen LogP) is 0.0851. The van der Waals surface area contributed by atoms with E-state index in [0.717, 1.165) is 7.11 Å². The molecule has 0 aromatic rings. The zero-order valence-corrected chi connectivity index (χ0v) is 9.06. The van der Waals surface area contributed by atoms with E-state index in [-0.39, 0.29) is 12.8 Å². The summed E-state index contributed by atoms with van der Waals surface area (Å²) in [5.74, 6) is -2.38. The van der Waals surface area contributed by atoms with Gasteiger partial charge in [-0.05, 0) is 6.42 Å². The van der Waals surface area contributed by atoms with Gasteiger partial charge < -0.3 is 15.2 Å². The van der Waals surface area contributed by atoms with Gasteiger partial charge in [-0.1, -0.05) is 6.08 Å². The number of amides is 1. The van der Waals surface area contributed by atoms with Crippen LogP contribution in [0, 0.1) is 0 Å². The van der Waals surface area contributed by atoms with Gasteiger partial charge in [0.2, 0.25) is 5.91 Å². The van der Waals surface area contributed by atoms with Crippen LogP contribution < -0.4 is 5.32 Å². The average Bonchev–Trinajstić information content (AvgIpc) is 2.24. The van der Waals surface area contributed by atoms with E-state index >= 15 is 0 Å². The zero-order chi connectivity index (χ0) is 12.6. The van der Waals surface area contributed by atoms with Crippen molar-refractivity contribution in [1.29, 1.82) is 0 Å². The fourth-order valence-electron chi connectivity index (χ4n) is 0.950. The molecule has 0 heterocycles. The van der Waals surface area contributed by atoms with E-state index in [2.05, 4.69) is 16.6 Å². The van der Waals surface area contributed by atoms with E-state index in [0.29, 0.717) is 6.42 Å². The maximum atomic E-state index is 11.2. The van der Waals surface area contributed by atoms with Crippen LogP contribution in [0.2, 0.25) is 0 Å². The molecule has 0 radical (unpaired) electrons. The molecule has 6 heteroatoms. The van der Waals surface area contributed by atoms with Crippen LogP contribution in [0.15, 0.2) is 12.7 Å². The van der Waals surface area contributed by atoms with Gasteiger partial charge in [0.15, 0.2) is 0 Å². The molecule has 0 saturated carbocycles. The highest BCUT2D eigenvalue weighted by molar-refractivity contribution is 5.87. The van der Waals surface area contributed by atoms with Crippen LogP contribution in [0.4, 0.5) is 0 Å². The van der Waals surface area contributed by atoms with Crippen LogP contribution in [0.1, 0.15) is 19.3 Å². The SMILES string of the molecule is C=CCCC(=O)N[C@@H](CC(=O)OC)C(=O)O. The first-order valence-electron chi connectivity index (χ1n) is 4.71. The number of rotatable bonds is 7. The standard InChI is InChI=1S/C10H15NO5/c1-3-4-5-8(12)11-7(10(14)15)6-9(13)16-2/h3,7H,1,4-6H2,2H3,(H,11,12)(H,14,15)/t7-/m0/s1. The second-order valence-corrected chi connectivity index (χ2v) is 3.07. The van der Waals surface area contributed by atoms with Gasteiger partial charge in [0.25, 0.3) is 0 Å². The average molecular weight is 229 g/mol. The lowest BCUT2D eigenvalue weighted by Crippen LogP contribution is -2.42. The summed E-state index contributed by atoms with van der Waals surface area (Å²) in [6.45, 7) is 3.44. The van der Waals surface area contributed by atoms with Crippen molar-refractivity contribution < 1.29 is 24.2 Å². The molecular weight excluding hydrogens is 214 g/mol. The maximum Gasteiger partial charge on any atom is 0.326 e. The van der Waals surface area contributed by atoms with Gasteiger partial charge >= 0.3 is 11.9 Å². The highest BCUT2D eigenvalue weighted by Crippen LogP contribution is 1.97. The number of methoxy groups -OCH3 is 1. The first kappa shape index (κ1) is 14.2. The number of carbonyl (C=O) groups excluding carboxylic acids is 2. The van der Waals surface area contributed by atoms with Crippen molar-refractivity contribution in [2.75, 3.05) is 7.11 Å². The van der Waals surface area contributed by atoms with E-state index in [1.54, 1.807) is 6.08 Å². The molecule has 0 aliphatic rings. The Bertz CT molecular complexity index is 287. The molecule has 0 saturated heterocycles. The molecule has 1 atom stereocenters. The Morgan fingerprint density at radius 1 is 1.50 bits per heavy atom. The summed E-state index contributed by atoms with van der Waals surface area (Å²) in [4.78, 5) is 32.8. The molecule has 0 rings (SSSR count). The molecule has 0 aromatic carbocycles. The number of allylic oxidation sites excluding steroid dienone is 1. The summed E-state index contributed by atoms with van der Waals surface area (Å²) < 4.78 is 4.32. The third-order valence-corrected chi connectivity index (χ3v) is 1.81. The van der Waals surface area contributed by atoms with Crippen molar-refractivity contribution in [3.8, 4) is 0 Å². The fraction of sp³-hybridized carbons (Fsp3) is 0.500. The highest BCUT2D eigenvalue weighted by Gasteiger charge is 2.23. The maximum absolute atomic E-state index is 11.2.